The summed E-state index contributed by atoms with van der Waals surface area (Å²) in [5.41, 5.74) is 6.99. The molecule has 1 aromatic carbocycles. The highest BCUT2D eigenvalue weighted by molar-refractivity contribution is 7.99. The van der Waals surface area contributed by atoms with E-state index in [4.69, 9.17) is 5.73 Å². The van der Waals surface area contributed by atoms with Gasteiger partial charge in [-0.15, -0.1) is 0 Å². The number of likely N-dealkylation sites (N-methyl/N-ethyl adjacent to an activating group) is 1. The number of carbonyl (C=O) groups excluding carboxylic acids is 1. The van der Waals surface area contributed by atoms with Gasteiger partial charge in [-0.25, -0.2) is 0 Å². The predicted octanol–water partition coefficient (Wildman–Crippen LogP) is 2.82. The second kappa shape index (κ2) is 7.14. The number of carbonyl (C=O) groups is 1. The smallest absolute Gasteiger partial charge is 0.244 e. The predicted molar refractivity (Wildman–Crippen MR) is 85.7 cm³/mol. The number of nitrogens with zero attached hydrogens (tertiary/aromatic N) is 1. The molecule has 3 atom stereocenters. The van der Waals surface area contributed by atoms with E-state index in [-0.39, 0.29) is 5.91 Å². The molecule has 0 saturated heterocycles. The van der Waals surface area contributed by atoms with Crippen LogP contribution in [0.5, 0.6) is 0 Å². The zero-order chi connectivity index (χ0) is 14.5. The summed E-state index contributed by atoms with van der Waals surface area (Å²) in [6, 6.07) is 9.42. The summed E-state index contributed by atoms with van der Waals surface area (Å²) >= 11 is 2.01. The molecule has 2 rings (SSSR count). The molecule has 0 aromatic heterocycles. The number of amides is 1. The fourth-order valence-corrected chi connectivity index (χ4v) is 3.99. The maximum Gasteiger partial charge on any atom is 0.244 e. The molecule has 3 nitrogen and oxygen atoms in total. The van der Waals surface area contributed by atoms with E-state index in [2.05, 4.69) is 6.92 Å². The molecule has 0 aliphatic heterocycles. The van der Waals surface area contributed by atoms with Crippen molar-refractivity contribution in [2.45, 2.75) is 43.5 Å². The summed E-state index contributed by atoms with van der Waals surface area (Å²) in [7, 11) is 1.90. The fraction of sp³-hybridized carbons (Fsp3) is 0.562. The maximum absolute atomic E-state index is 12.5. The van der Waals surface area contributed by atoms with Gasteiger partial charge in [0, 0.05) is 18.3 Å². The lowest BCUT2D eigenvalue weighted by atomic mass is 10.1. The Labute approximate surface area is 125 Å². The minimum Gasteiger partial charge on any atom is -0.341 e. The number of hydrogen-bond acceptors (Lipinski definition) is 3. The van der Waals surface area contributed by atoms with Crippen LogP contribution in [0.4, 0.5) is 0 Å². The molecule has 0 spiro atoms. The van der Waals surface area contributed by atoms with E-state index in [1.165, 1.54) is 6.42 Å². The second-order valence-electron chi connectivity index (χ2n) is 5.38. The summed E-state index contributed by atoms with van der Waals surface area (Å²) in [5, 5.41) is 0.702. The van der Waals surface area contributed by atoms with Crippen LogP contribution in [0.25, 0.3) is 0 Å². The van der Waals surface area contributed by atoms with Crippen LogP contribution >= 0.6 is 11.8 Å². The summed E-state index contributed by atoms with van der Waals surface area (Å²) in [4.78, 5) is 14.4. The number of hydrogen-bond donors (Lipinski definition) is 1. The summed E-state index contributed by atoms with van der Waals surface area (Å²) in [6.45, 7) is 2.19. The Balaban J connectivity index is 1.95. The van der Waals surface area contributed by atoms with Crippen molar-refractivity contribution >= 4 is 17.7 Å². The number of nitrogens with two attached hydrogens (primary N) is 1. The van der Waals surface area contributed by atoms with Gasteiger partial charge in [-0.1, -0.05) is 37.3 Å². The van der Waals surface area contributed by atoms with E-state index in [9.17, 15) is 4.79 Å². The largest absolute Gasteiger partial charge is 0.341 e. The Morgan fingerprint density at radius 1 is 1.40 bits per heavy atom. The van der Waals surface area contributed by atoms with E-state index in [0.29, 0.717) is 11.3 Å². The lowest BCUT2D eigenvalue weighted by molar-refractivity contribution is -0.133. The molecule has 1 fully saturated rings. The van der Waals surface area contributed by atoms with Crippen molar-refractivity contribution in [2.24, 2.45) is 5.73 Å². The molecule has 1 saturated carbocycles. The Bertz CT molecular complexity index is 437. The average Bonchev–Trinajstić information content (AvgIpc) is 2.95. The second-order valence-corrected chi connectivity index (χ2v) is 6.96. The topological polar surface area (TPSA) is 46.3 Å². The molecule has 110 valence electrons. The molecule has 4 heteroatoms. The highest BCUT2D eigenvalue weighted by atomic mass is 32.2. The van der Waals surface area contributed by atoms with Gasteiger partial charge in [0.05, 0.1) is 0 Å². The van der Waals surface area contributed by atoms with Crippen molar-refractivity contribution in [1.29, 1.82) is 0 Å². The minimum absolute atomic E-state index is 0.0309. The van der Waals surface area contributed by atoms with Crippen molar-refractivity contribution in [3.8, 4) is 0 Å². The maximum atomic E-state index is 12.5. The first-order chi connectivity index (χ1) is 9.63. The fourth-order valence-electron chi connectivity index (χ4n) is 2.86. The zero-order valence-corrected chi connectivity index (χ0v) is 13.1. The van der Waals surface area contributed by atoms with Gasteiger partial charge < -0.3 is 10.6 Å². The van der Waals surface area contributed by atoms with Gasteiger partial charge in [0.2, 0.25) is 5.91 Å². The van der Waals surface area contributed by atoms with Crippen molar-refractivity contribution in [1.82, 2.24) is 4.90 Å². The van der Waals surface area contributed by atoms with Crippen LogP contribution in [0.1, 0.15) is 37.8 Å². The molecule has 1 aliphatic carbocycles. The van der Waals surface area contributed by atoms with Crippen molar-refractivity contribution < 1.29 is 4.79 Å². The van der Waals surface area contributed by atoms with Gasteiger partial charge in [-0.05, 0) is 30.6 Å². The van der Waals surface area contributed by atoms with Crippen LogP contribution in [0.2, 0.25) is 0 Å². The minimum atomic E-state index is -0.543. The molecule has 0 radical (unpaired) electrons. The SMILES string of the molecule is CCS[C@@H]1CC[C@H](N(C)C(=O)[C@H](N)c2ccccc2)C1. The van der Waals surface area contributed by atoms with Crippen molar-refractivity contribution in [3.05, 3.63) is 35.9 Å². The Morgan fingerprint density at radius 3 is 2.75 bits per heavy atom. The monoisotopic (exact) mass is 292 g/mol. The summed E-state index contributed by atoms with van der Waals surface area (Å²) < 4.78 is 0. The van der Waals surface area contributed by atoms with Gasteiger partial charge in [-0.2, -0.15) is 11.8 Å². The first-order valence-corrected chi connectivity index (χ1v) is 8.37. The van der Waals surface area contributed by atoms with Crippen LogP contribution in [-0.2, 0) is 4.79 Å². The van der Waals surface area contributed by atoms with Crippen LogP contribution in [0, 0.1) is 0 Å². The third-order valence-electron chi connectivity index (χ3n) is 4.08. The lowest BCUT2D eigenvalue weighted by Crippen LogP contribution is -2.41. The molecule has 2 N–H and O–H groups in total. The van der Waals surface area contributed by atoms with Crippen LogP contribution in [0.15, 0.2) is 30.3 Å². The van der Waals surface area contributed by atoms with Gasteiger partial charge in [0.25, 0.3) is 0 Å². The van der Waals surface area contributed by atoms with E-state index in [1.54, 1.807) is 0 Å². The first kappa shape index (κ1) is 15.4. The average molecular weight is 292 g/mol. The van der Waals surface area contributed by atoms with E-state index >= 15 is 0 Å². The number of benzene rings is 1. The van der Waals surface area contributed by atoms with Crippen molar-refractivity contribution in [2.75, 3.05) is 12.8 Å². The Kier molecular flexibility index (Phi) is 5.49. The first-order valence-electron chi connectivity index (χ1n) is 7.32. The zero-order valence-electron chi connectivity index (χ0n) is 12.3. The molecule has 0 heterocycles. The lowest BCUT2D eigenvalue weighted by Gasteiger charge is -2.27. The summed E-state index contributed by atoms with van der Waals surface area (Å²) in [6.07, 6.45) is 3.41. The molecular formula is C16H24N2OS. The number of rotatable bonds is 5. The van der Waals surface area contributed by atoms with E-state index in [0.717, 1.165) is 24.2 Å². The third kappa shape index (κ3) is 3.55. The molecular weight excluding hydrogens is 268 g/mol. The van der Waals surface area contributed by atoms with Crippen LogP contribution in [0.3, 0.4) is 0 Å². The molecule has 0 bridgehead atoms. The van der Waals surface area contributed by atoms with E-state index < -0.39 is 6.04 Å². The molecule has 20 heavy (non-hydrogen) atoms. The highest BCUT2D eigenvalue weighted by Gasteiger charge is 2.31. The third-order valence-corrected chi connectivity index (χ3v) is 5.31. The van der Waals surface area contributed by atoms with Gasteiger partial charge in [0.15, 0.2) is 0 Å². The standard InChI is InChI=1S/C16H24N2OS/c1-3-20-14-10-9-13(11-14)18(2)16(19)15(17)12-7-5-4-6-8-12/h4-8,13-15H,3,9-11,17H2,1-2H3/t13-,14+,15+/m0/s1. The quantitative estimate of drug-likeness (QED) is 0.907. The van der Waals surface area contributed by atoms with Gasteiger partial charge in [0.1, 0.15) is 6.04 Å². The van der Waals surface area contributed by atoms with E-state index in [1.807, 2.05) is 54.0 Å². The number of thioether (sulfide) groups is 1. The van der Waals surface area contributed by atoms with Crippen molar-refractivity contribution in [3.63, 3.8) is 0 Å². The normalized spacial score (nSPS) is 23.6. The van der Waals surface area contributed by atoms with Gasteiger partial charge >= 0.3 is 0 Å². The summed E-state index contributed by atoms with van der Waals surface area (Å²) in [5.74, 6) is 1.18. The molecule has 1 amide bonds. The highest BCUT2D eigenvalue weighted by Crippen LogP contribution is 2.32. The molecule has 0 unspecified atom stereocenters. The van der Waals surface area contributed by atoms with Crippen LogP contribution in [-0.4, -0.2) is 34.9 Å². The Morgan fingerprint density at radius 2 is 2.10 bits per heavy atom. The van der Waals surface area contributed by atoms with Gasteiger partial charge in [-0.3, -0.25) is 4.79 Å². The van der Waals surface area contributed by atoms with Crippen LogP contribution < -0.4 is 5.73 Å². The Hall–Kier alpha value is -1.00. The molecule has 1 aliphatic rings. The molecule has 1 aromatic rings.